The topological polar surface area (TPSA) is 108 Å². The second-order valence-corrected chi connectivity index (χ2v) is 4.59. The predicted molar refractivity (Wildman–Crippen MR) is 72.1 cm³/mol. The summed E-state index contributed by atoms with van der Waals surface area (Å²) in [5.41, 5.74) is 0.0325. The monoisotopic (exact) mass is 274 g/mol. The summed E-state index contributed by atoms with van der Waals surface area (Å²) in [6.07, 6.45) is 2.71. The van der Waals surface area contributed by atoms with E-state index in [4.69, 9.17) is 5.26 Å². The lowest BCUT2D eigenvalue weighted by molar-refractivity contribution is -0.383. The van der Waals surface area contributed by atoms with Crippen LogP contribution in [0.15, 0.2) is 18.2 Å². The summed E-state index contributed by atoms with van der Waals surface area (Å²) in [6, 6.07) is 5.50. The van der Waals surface area contributed by atoms with Crippen LogP contribution in [0.5, 0.6) is 0 Å². The highest BCUT2D eigenvalue weighted by molar-refractivity contribution is 5.96. The van der Waals surface area contributed by atoms with Crippen molar-refractivity contribution in [2.45, 2.75) is 25.3 Å². The molecule has 1 amide bonds. The van der Waals surface area contributed by atoms with Crippen molar-refractivity contribution in [3.05, 3.63) is 33.9 Å². The summed E-state index contributed by atoms with van der Waals surface area (Å²) in [7, 11) is 0. The highest BCUT2D eigenvalue weighted by Crippen LogP contribution is 2.25. The number of hydrogen-bond donors (Lipinski definition) is 2. The molecule has 0 unspecified atom stereocenters. The Morgan fingerprint density at radius 1 is 1.50 bits per heavy atom. The van der Waals surface area contributed by atoms with Gasteiger partial charge in [0.15, 0.2) is 0 Å². The molecule has 1 atom stereocenters. The van der Waals surface area contributed by atoms with E-state index in [1.807, 2.05) is 6.07 Å². The molecule has 2 rings (SSSR count). The molecule has 1 heterocycles. The number of nitro groups is 1. The third-order valence-corrected chi connectivity index (χ3v) is 3.21. The quantitative estimate of drug-likeness (QED) is 0.642. The molecule has 0 bridgehead atoms. The number of hydrogen-bond acceptors (Lipinski definition) is 5. The molecule has 1 aliphatic heterocycles. The average Bonchev–Trinajstić information content (AvgIpc) is 2.48. The third-order valence-electron chi connectivity index (χ3n) is 3.21. The first-order chi connectivity index (χ1) is 9.61. The molecule has 2 N–H and O–H groups in total. The highest BCUT2D eigenvalue weighted by atomic mass is 16.6. The maximum atomic E-state index is 12.0. The van der Waals surface area contributed by atoms with Crippen molar-refractivity contribution >= 4 is 17.3 Å². The Hall–Kier alpha value is -2.46. The molecule has 7 heteroatoms. The Balaban J connectivity index is 2.18. The van der Waals surface area contributed by atoms with E-state index in [1.165, 1.54) is 12.1 Å². The molecule has 1 aromatic carbocycles. The maximum Gasteiger partial charge on any atom is 0.294 e. The van der Waals surface area contributed by atoms with Crippen LogP contribution in [0.25, 0.3) is 0 Å². The number of carbonyl (C=O) groups is 1. The van der Waals surface area contributed by atoms with Crippen LogP contribution in [-0.2, 0) is 4.79 Å². The Bertz CT molecular complexity index is 573. The fraction of sp³-hybridized carbons (Fsp3) is 0.385. The molecule has 0 saturated carbocycles. The van der Waals surface area contributed by atoms with Crippen LogP contribution in [-0.4, -0.2) is 23.4 Å². The molecule has 1 saturated heterocycles. The Labute approximate surface area is 115 Å². The fourth-order valence-electron chi connectivity index (χ4n) is 2.15. The zero-order valence-corrected chi connectivity index (χ0v) is 10.8. The van der Waals surface area contributed by atoms with Crippen molar-refractivity contribution in [1.29, 1.82) is 5.26 Å². The minimum absolute atomic E-state index is 0.117. The van der Waals surface area contributed by atoms with Gasteiger partial charge in [-0.2, -0.15) is 5.26 Å². The lowest BCUT2D eigenvalue weighted by Crippen LogP contribution is -2.43. The van der Waals surface area contributed by atoms with E-state index in [0.29, 0.717) is 0 Å². The van der Waals surface area contributed by atoms with Crippen LogP contribution < -0.4 is 10.6 Å². The summed E-state index contributed by atoms with van der Waals surface area (Å²) in [5, 5.41) is 25.4. The molecule has 1 aliphatic rings. The maximum absolute atomic E-state index is 12.0. The molecule has 20 heavy (non-hydrogen) atoms. The first-order valence-corrected chi connectivity index (χ1v) is 6.34. The minimum Gasteiger partial charge on any atom is -0.319 e. The van der Waals surface area contributed by atoms with E-state index >= 15 is 0 Å². The fourth-order valence-corrected chi connectivity index (χ4v) is 2.15. The minimum atomic E-state index is -0.606. The molecular weight excluding hydrogens is 260 g/mol. The number of benzene rings is 1. The van der Waals surface area contributed by atoms with Crippen molar-refractivity contribution in [2.75, 3.05) is 11.9 Å². The van der Waals surface area contributed by atoms with Crippen molar-refractivity contribution < 1.29 is 9.72 Å². The van der Waals surface area contributed by atoms with Gasteiger partial charge in [-0.1, -0.05) is 6.42 Å². The number of nitrogens with one attached hydrogen (secondary N) is 2. The van der Waals surface area contributed by atoms with Crippen LogP contribution in [0.4, 0.5) is 11.4 Å². The van der Waals surface area contributed by atoms with Gasteiger partial charge in [-0.3, -0.25) is 14.9 Å². The number of carbonyl (C=O) groups excluding carboxylic acids is 1. The molecule has 0 aliphatic carbocycles. The van der Waals surface area contributed by atoms with Gasteiger partial charge in [-0.05, 0) is 31.5 Å². The smallest absolute Gasteiger partial charge is 0.294 e. The van der Waals surface area contributed by atoms with E-state index in [-0.39, 0.29) is 28.9 Å². The number of nitro benzene ring substituents is 1. The van der Waals surface area contributed by atoms with Gasteiger partial charge in [0.1, 0.15) is 5.69 Å². The average molecular weight is 274 g/mol. The molecule has 0 spiro atoms. The number of amides is 1. The molecule has 0 aromatic heterocycles. The summed E-state index contributed by atoms with van der Waals surface area (Å²) in [6.45, 7) is 0.771. The van der Waals surface area contributed by atoms with Crippen LogP contribution in [0.2, 0.25) is 0 Å². The summed E-state index contributed by atoms with van der Waals surface area (Å²) in [5.74, 6) is -0.280. The highest BCUT2D eigenvalue weighted by Gasteiger charge is 2.23. The van der Waals surface area contributed by atoms with Crippen LogP contribution in [0.1, 0.15) is 24.8 Å². The third kappa shape index (κ3) is 3.10. The standard InChI is InChI=1S/C13H14N4O3/c14-8-9-4-5-10(12(7-9)17(19)20)16-13(18)11-3-1-2-6-15-11/h4-5,7,11,15H,1-3,6H2,(H,16,18)/t11-/m0/s1. The van der Waals surface area contributed by atoms with Gasteiger partial charge in [-0.25, -0.2) is 0 Å². The SMILES string of the molecule is N#Cc1ccc(NC(=O)[C@@H]2CCCCN2)c([N+](=O)[O-])c1. The molecule has 1 fully saturated rings. The second kappa shape index (κ2) is 6.12. The van der Waals surface area contributed by atoms with Gasteiger partial charge >= 0.3 is 0 Å². The first kappa shape index (κ1) is 14.0. The number of anilines is 1. The normalized spacial score (nSPS) is 18.1. The van der Waals surface area contributed by atoms with Crippen molar-refractivity contribution in [2.24, 2.45) is 0 Å². The van der Waals surface area contributed by atoms with Gasteiger partial charge < -0.3 is 10.6 Å². The molecule has 1 aromatic rings. The van der Waals surface area contributed by atoms with E-state index in [1.54, 1.807) is 0 Å². The molecular formula is C13H14N4O3. The number of nitriles is 1. The lowest BCUT2D eigenvalue weighted by Gasteiger charge is -2.22. The van der Waals surface area contributed by atoms with E-state index in [9.17, 15) is 14.9 Å². The van der Waals surface area contributed by atoms with E-state index < -0.39 is 4.92 Å². The summed E-state index contributed by atoms with van der Waals surface area (Å²) in [4.78, 5) is 22.4. The van der Waals surface area contributed by atoms with Crippen molar-refractivity contribution in [3.63, 3.8) is 0 Å². The summed E-state index contributed by atoms with van der Waals surface area (Å²) < 4.78 is 0. The zero-order valence-electron chi connectivity index (χ0n) is 10.8. The van der Waals surface area contributed by atoms with E-state index in [2.05, 4.69) is 10.6 Å². The van der Waals surface area contributed by atoms with Crippen molar-refractivity contribution in [3.8, 4) is 6.07 Å². The number of piperidine rings is 1. The van der Waals surface area contributed by atoms with Crippen molar-refractivity contribution in [1.82, 2.24) is 5.32 Å². The second-order valence-electron chi connectivity index (χ2n) is 4.59. The Morgan fingerprint density at radius 2 is 2.30 bits per heavy atom. The van der Waals surface area contributed by atoms with Crippen LogP contribution in [0.3, 0.4) is 0 Å². The van der Waals surface area contributed by atoms with Gasteiger partial charge in [0, 0.05) is 6.07 Å². The number of nitrogens with zero attached hydrogens (tertiary/aromatic N) is 2. The van der Waals surface area contributed by atoms with Gasteiger partial charge in [0.05, 0.1) is 22.6 Å². The van der Waals surface area contributed by atoms with Crippen LogP contribution >= 0.6 is 0 Å². The number of rotatable bonds is 3. The zero-order chi connectivity index (χ0) is 14.5. The van der Waals surface area contributed by atoms with Gasteiger partial charge in [0.25, 0.3) is 5.69 Å². The van der Waals surface area contributed by atoms with E-state index in [0.717, 1.165) is 31.9 Å². The Kier molecular flexibility index (Phi) is 4.27. The van der Waals surface area contributed by atoms with Gasteiger partial charge in [-0.15, -0.1) is 0 Å². The molecule has 7 nitrogen and oxygen atoms in total. The van der Waals surface area contributed by atoms with Gasteiger partial charge in [0.2, 0.25) is 5.91 Å². The predicted octanol–water partition coefficient (Wildman–Crippen LogP) is 1.55. The summed E-state index contributed by atoms with van der Waals surface area (Å²) >= 11 is 0. The Morgan fingerprint density at radius 3 is 2.90 bits per heavy atom. The molecule has 0 radical (unpaired) electrons. The molecule has 104 valence electrons. The first-order valence-electron chi connectivity index (χ1n) is 6.34. The lowest BCUT2D eigenvalue weighted by atomic mass is 10.0. The largest absolute Gasteiger partial charge is 0.319 e. The van der Waals surface area contributed by atoms with Crippen LogP contribution in [0, 0.1) is 21.4 Å².